The summed E-state index contributed by atoms with van der Waals surface area (Å²) in [7, 11) is 0. The first-order valence-electron chi connectivity index (χ1n) is 5.24. The SMILES string of the molecule is CCCN=C(NN)C1(C)CCCC1. The summed E-state index contributed by atoms with van der Waals surface area (Å²) in [4.78, 5) is 4.50. The van der Waals surface area contributed by atoms with Crippen LogP contribution in [0.5, 0.6) is 0 Å². The molecular formula is C10H21N3. The molecule has 0 radical (unpaired) electrons. The molecule has 1 aliphatic carbocycles. The predicted molar refractivity (Wildman–Crippen MR) is 56.5 cm³/mol. The number of nitrogens with zero attached hydrogens (tertiary/aromatic N) is 1. The third-order valence-electron chi connectivity index (χ3n) is 2.91. The molecule has 1 fully saturated rings. The standard InChI is InChI=1S/C10H21N3/c1-3-8-12-9(13-11)10(2)6-4-5-7-10/h3-8,11H2,1-2H3,(H,12,13). The van der Waals surface area contributed by atoms with Gasteiger partial charge in [-0.05, 0) is 19.3 Å². The fourth-order valence-corrected chi connectivity index (χ4v) is 2.03. The number of aliphatic imine (C=N–C) groups is 1. The van der Waals surface area contributed by atoms with Crippen molar-refractivity contribution in [2.24, 2.45) is 16.3 Å². The molecule has 13 heavy (non-hydrogen) atoms. The molecule has 1 saturated carbocycles. The third-order valence-corrected chi connectivity index (χ3v) is 2.91. The zero-order valence-electron chi connectivity index (χ0n) is 8.77. The van der Waals surface area contributed by atoms with Crippen molar-refractivity contribution >= 4 is 5.84 Å². The molecule has 0 spiro atoms. The highest BCUT2D eigenvalue weighted by Crippen LogP contribution is 2.37. The van der Waals surface area contributed by atoms with Gasteiger partial charge < -0.3 is 5.43 Å². The Kier molecular flexibility index (Phi) is 3.72. The zero-order chi connectivity index (χ0) is 9.73. The molecule has 0 saturated heterocycles. The molecule has 3 heteroatoms. The Morgan fingerprint density at radius 2 is 2.08 bits per heavy atom. The average molecular weight is 183 g/mol. The molecule has 0 unspecified atom stereocenters. The Bertz CT molecular complexity index is 181. The molecule has 76 valence electrons. The molecule has 0 aliphatic heterocycles. The van der Waals surface area contributed by atoms with Crippen molar-refractivity contribution in [1.82, 2.24) is 5.43 Å². The normalized spacial score (nSPS) is 21.9. The van der Waals surface area contributed by atoms with Crippen molar-refractivity contribution in [3.05, 3.63) is 0 Å². The minimum atomic E-state index is 0.226. The lowest BCUT2D eigenvalue weighted by Crippen LogP contribution is -2.41. The topological polar surface area (TPSA) is 50.4 Å². The first kappa shape index (κ1) is 10.5. The second kappa shape index (κ2) is 4.61. The Morgan fingerprint density at radius 1 is 1.46 bits per heavy atom. The molecule has 0 aromatic carbocycles. The molecule has 1 rings (SSSR count). The van der Waals surface area contributed by atoms with Crippen LogP contribution in [0.25, 0.3) is 0 Å². The van der Waals surface area contributed by atoms with Crippen LogP contribution < -0.4 is 11.3 Å². The van der Waals surface area contributed by atoms with E-state index in [9.17, 15) is 0 Å². The van der Waals surface area contributed by atoms with Crippen LogP contribution in [0.2, 0.25) is 0 Å². The molecule has 3 nitrogen and oxygen atoms in total. The summed E-state index contributed by atoms with van der Waals surface area (Å²) in [6, 6.07) is 0. The molecule has 0 aromatic heterocycles. The number of nitrogens with two attached hydrogens (primary N) is 1. The van der Waals surface area contributed by atoms with Gasteiger partial charge in [-0.1, -0.05) is 26.7 Å². The Labute approximate surface area is 80.8 Å². The van der Waals surface area contributed by atoms with Crippen molar-refractivity contribution in [2.75, 3.05) is 6.54 Å². The van der Waals surface area contributed by atoms with Gasteiger partial charge in [0.25, 0.3) is 0 Å². The molecule has 0 heterocycles. The van der Waals surface area contributed by atoms with Gasteiger partial charge in [-0.25, -0.2) is 5.84 Å². The van der Waals surface area contributed by atoms with Crippen molar-refractivity contribution in [1.29, 1.82) is 0 Å². The first-order valence-corrected chi connectivity index (χ1v) is 5.24. The third kappa shape index (κ3) is 2.44. The Balaban J connectivity index is 2.63. The highest BCUT2D eigenvalue weighted by atomic mass is 15.3. The van der Waals surface area contributed by atoms with Crippen molar-refractivity contribution < 1.29 is 0 Å². The maximum atomic E-state index is 5.50. The smallest absolute Gasteiger partial charge is 0.116 e. The van der Waals surface area contributed by atoms with Gasteiger partial charge in [0.05, 0.1) is 0 Å². The number of hydrogen-bond donors (Lipinski definition) is 2. The van der Waals surface area contributed by atoms with E-state index in [-0.39, 0.29) is 5.41 Å². The van der Waals surface area contributed by atoms with Crippen LogP contribution in [0.4, 0.5) is 0 Å². The van der Waals surface area contributed by atoms with Crippen molar-refractivity contribution in [3.8, 4) is 0 Å². The summed E-state index contributed by atoms with van der Waals surface area (Å²) in [6.45, 7) is 5.28. The predicted octanol–water partition coefficient (Wildman–Crippen LogP) is 1.84. The van der Waals surface area contributed by atoms with Gasteiger partial charge in [0.2, 0.25) is 0 Å². The van der Waals surface area contributed by atoms with Gasteiger partial charge in [-0.15, -0.1) is 0 Å². The van der Waals surface area contributed by atoms with Crippen LogP contribution in [-0.4, -0.2) is 12.4 Å². The van der Waals surface area contributed by atoms with E-state index in [0.717, 1.165) is 18.8 Å². The van der Waals surface area contributed by atoms with Gasteiger partial charge in [0, 0.05) is 12.0 Å². The minimum absolute atomic E-state index is 0.226. The molecular weight excluding hydrogens is 162 g/mol. The molecule has 0 bridgehead atoms. The van der Waals surface area contributed by atoms with E-state index in [2.05, 4.69) is 24.3 Å². The quantitative estimate of drug-likeness (QED) is 0.303. The lowest BCUT2D eigenvalue weighted by molar-refractivity contribution is 0.468. The van der Waals surface area contributed by atoms with Gasteiger partial charge in [0.15, 0.2) is 0 Å². The van der Waals surface area contributed by atoms with E-state index in [0.29, 0.717) is 0 Å². The lowest BCUT2D eigenvalue weighted by atomic mass is 9.87. The molecule has 3 N–H and O–H groups in total. The summed E-state index contributed by atoms with van der Waals surface area (Å²) in [5.74, 6) is 6.50. The number of hydrazine groups is 1. The summed E-state index contributed by atoms with van der Waals surface area (Å²) in [6.07, 6.45) is 6.15. The molecule has 0 aromatic rings. The van der Waals surface area contributed by atoms with Crippen LogP contribution in [-0.2, 0) is 0 Å². The number of nitrogens with one attached hydrogen (secondary N) is 1. The van der Waals surface area contributed by atoms with E-state index in [1.54, 1.807) is 0 Å². The maximum Gasteiger partial charge on any atom is 0.116 e. The van der Waals surface area contributed by atoms with Crippen LogP contribution in [0.15, 0.2) is 4.99 Å². The fourth-order valence-electron chi connectivity index (χ4n) is 2.03. The summed E-state index contributed by atoms with van der Waals surface area (Å²) in [5.41, 5.74) is 3.00. The largest absolute Gasteiger partial charge is 0.312 e. The van der Waals surface area contributed by atoms with Crippen LogP contribution in [0.1, 0.15) is 46.0 Å². The molecule has 0 amide bonds. The molecule has 0 atom stereocenters. The second-order valence-electron chi connectivity index (χ2n) is 4.14. The van der Waals surface area contributed by atoms with Crippen molar-refractivity contribution in [3.63, 3.8) is 0 Å². The van der Waals surface area contributed by atoms with Gasteiger partial charge in [-0.3, -0.25) is 4.99 Å². The second-order valence-corrected chi connectivity index (χ2v) is 4.14. The van der Waals surface area contributed by atoms with E-state index in [1.807, 2.05) is 0 Å². The lowest BCUT2D eigenvalue weighted by Gasteiger charge is -2.25. The highest BCUT2D eigenvalue weighted by Gasteiger charge is 2.33. The van der Waals surface area contributed by atoms with E-state index in [4.69, 9.17) is 5.84 Å². The molecule has 1 aliphatic rings. The summed E-state index contributed by atoms with van der Waals surface area (Å²) < 4.78 is 0. The monoisotopic (exact) mass is 183 g/mol. The number of hydrogen-bond acceptors (Lipinski definition) is 2. The van der Waals surface area contributed by atoms with Gasteiger partial charge in [0.1, 0.15) is 5.84 Å². The van der Waals surface area contributed by atoms with Crippen LogP contribution >= 0.6 is 0 Å². The zero-order valence-corrected chi connectivity index (χ0v) is 8.77. The summed E-state index contributed by atoms with van der Waals surface area (Å²) >= 11 is 0. The van der Waals surface area contributed by atoms with Crippen LogP contribution in [0, 0.1) is 5.41 Å². The van der Waals surface area contributed by atoms with E-state index >= 15 is 0 Å². The summed E-state index contributed by atoms with van der Waals surface area (Å²) in [5, 5.41) is 0. The Hall–Kier alpha value is -0.570. The Morgan fingerprint density at radius 3 is 2.54 bits per heavy atom. The first-order chi connectivity index (χ1) is 6.23. The highest BCUT2D eigenvalue weighted by molar-refractivity contribution is 5.87. The van der Waals surface area contributed by atoms with E-state index < -0.39 is 0 Å². The number of amidine groups is 1. The van der Waals surface area contributed by atoms with Gasteiger partial charge >= 0.3 is 0 Å². The minimum Gasteiger partial charge on any atom is -0.312 e. The van der Waals surface area contributed by atoms with Crippen molar-refractivity contribution in [2.45, 2.75) is 46.0 Å². The maximum absolute atomic E-state index is 5.50. The number of rotatable bonds is 3. The van der Waals surface area contributed by atoms with Crippen LogP contribution in [0.3, 0.4) is 0 Å². The van der Waals surface area contributed by atoms with Gasteiger partial charge in [-0.2, -0.15) is 0 Å². The average Bonchev–Trinajstić information content (AvgIpc) is 2.54. The fraction of sp³-hybridized carbons (Fsp3) is 0.900. The van der Waals surface area contributed by atoms with E-state index in [1.165, 1.54) is 25.7 Å².